The molecule has 4 heteroatoms. The van der Waals surface area contributed by atoms with E-state index in [1.165, 1.54) is 6.42 Å². The largest absolute Gasteiger partial charge is 0.480 e. The average Bonchev–Trinajstić information content (AvgIpc) is 2.90. The molecule has 2 rings (SSSR count). The molecular formula is C13H21NO3. The molecule has 2 N–H and O–H groups in total. The second-order valence-corrected chi connectivity index (χ2v) is 5.76. The lowest BCUT2D eigenvalue weighted by Gasteiger charge is -2.29. The third kappa shape index (κ3) is 2.17. The summed E-state index contributed by atoms with van der Waals surface area (Å²) in [5, 5.41) is 11.9. The summed E-state index contributed by atoms with van der Waals surface area (Å²) >= 11 is 0. The van der Waals surface area contributed by atoms with Gasteiger partial charge in [-0.1, -0.05) is 13.3 Å². The van der Waals surface area contributed by atoms with Gasteiger partial charge in [-0.25, -0.2) is 4.79 Å². The van der Waals surface area contributed by atoms with Gasteiger partial charge in [-0.05, 0) is 44.4 Å². The molecule has 0 aromatic rings. The van der Waals surface area contributed by atoms with E-state index in [4.69, 9.17) is 5.11 Å². The number of hydrogen-bond acceptors (Lipinski definition) is 2. The summed E-state index contributed by atoms with van der Waals surface area (Å²) in [7, 11) is 0. The van der Waals surface area contributed by atoms with E-state index in [2.05, 4.69) is 5.32 Å². The standard InChI is InChI=1S/C13H21NO3/c1-3-13(2,12(16)17)14-11(15)10-7-8-4-5-9(10)6-8/h8-10H,3-7H2,1-2H3,(H,14,15)(H,16,17). The van der Waals surface area contributed by atoms with Crippen LogP contribution in [0.25, 0.3) is 0 Å². The first-order valence-electron chi connectivity index (χ1n) is 6.51. The average molecular weight is 239 g/mol. The van der Waals surface area contributed by atoms with Gasteiger partial charge in [-0.15, -0.1) is 0 Å². The third-order valence-electron chi connectivity index (χ3n) is 4.65. The Morgan fingerprint density at radius 1 is 1.35 bits per heavy atom. The molecule has 0 aromatic carbocycles. The molecule has 0 heterocycles. The lowest BCUT2D eigenvalue weighted by molar-refractivity contribution is -0.148. The molecule has 4 nitrogen and oxygen atoms in total. The second-order valence-electron chi connectivity index (χ2n) is 5.76. The predicted molar refractivity (Wildman–Crippen MR) is 63.4 cm³/mol. The number of rotatable bonds is 4. The molecule has 0 spiro atoms. The summed E-state index contributed by atoms with van der Waals surface area (Å²) in [6, 6.07) is 0. The zero-order chi connectivity index (χ0) is 12.6. The van der Waals surface area contributed by atoms with Crippen LogP contribution < -0.4 is 5.32 Å². The van der Waals surface area contributed by atoms with E-state index in [1.807, 2.05) is 0 Å². The number of fused-ring (bicyclic) bond motifs is 2. The van der Waals surface area contributed by atoms with Crippen molar-refractivity contribution in [2.24, 2.45) is 17.8 Å². The highest BCUT2D eigenvalue weighted by Gasteiger charge is 2.45. The van der Waals surface area contributed by atoms with Crippen LogP contribution in [0.3, 0.4) is 0 Å². The summed E-state index contributed by atoms with van der Waals surface area (Å²) in [5.41, 5.74) is -1.11. The van der Waals surface area contributed by atoms with Crippen molar-refractivity contribution in [2.45, 2.75) is 51.5 Å². The number of carboxylic acid groups (broad SMARTS) is 1. The highest BCUT2D eigenvalue weighted by atomic mass is 16.4. The zero-order valence-electron chi connectivity index (χ0n) is 10.5. The van der Waals surface area contributed by atoms with Gasteiger partial charge in [0.2, 0.25) is 5.91 Å². The Morgan fingerprint density at radius 3 is 2.47 bits per heavy atom. The Hall–Kier alpha value is -1.06. The molecule has 2 aliphatic carbocycles. The van der Waals surface area contributed by atoms with Crippen molar-refractivity contribution in [3.05, 3.63) is 0 Å². The van der Waals surface area contributed by atoms with Gasteiger partial charge < -0.3 is 10.4 Å². The van der Waals surface area contributed by atoms with E-state index >= 15 is 0 Å². The maximum atomic E-state index is 12.1. The SMILES string of the molecule is CCC(C)(NC(=O)C1CC2CCC1C2)C(=O)O. The molecule has 0 aliphatic heterocycles. The van der Waals surface area contributed by atoms with Crippen LogP contribution in [0.2, 0.25) is 0 Å². The summed E-state index contributed by atoms with van der Waals surface area (Å²) < 4.78 is 0. The third-order valence-corrected chi connectivity index (χ3v) is 4.65. The van der Waals surface area contributed by atoms with Crippen LogP contribution in [-0.4, -0.2) is 22.5 Å². The Balaban J connectivity index is 1.99. The minimum absolute atomic E-state index is 0.0519. The first-order chi connectivity index (χ1) is 7.96. The Labute approximate surface area is 102 Å². The molecule has 0 saturated heterocycles. The van der Waals surface area contributed by atoms with Crippen LogP contribution in [0.4, 0.5) is 0 Å². The molecule has 2 saturated carbocycles. The molecule has 2 fully saturated rings. The molecule has 17 heavy (non-hydrogen) atoms. The van der Waals surface area contributed by atoms with E-state index < -0.39 is 11.5 Å². The molecule has 0 radical (unpaired) electrons. The fraction of sp³-hybridized carbons (Fsp3) is 0.846. The number of aliphatic carboxylic acids is 1. The van der Waals surface area contributed by atoms with Crippen molar-refractivity contribution in [1.29, 1.82) is 0 Å². The Morgan fingerprint density at radius 2 is 2.06 bits per heavy atom. The fourth-order valence-electron chi connectivity index (χ4n) is 3.22. The highest BCUT2D eigenvalue weighted by Crippen LogP contribution is 2.48. The molecule has 2 aliphatic rings. The smallest absolute Gasteiger partial charge is 0.329 e. The van der Waals surface area contributed by atoms with Gasteiger partial charge in [0.15, 0.2) is 0 Å². The predicted octanol–water partition coefficient (Wildman–Crippen LogP) is 1.79. The molecule has 0 aromatic heterocycles. The van der Waals surface area contributed by atoms with Gasteiger partial charge in [-0.2, -0.15) is 0 Å². The summed E-state index contributed by atoms with van der Waals surface area (Å²) in [4.78, 5) is 23.3. The van der Waals surface area contributed by atoms with Crippen LogP contribution >= 0.6 is 0 Å². The quantitative estimate of drug-likeness (QED) is 0.786. The minimum atomic E-state index is -1.11. The van der Waals surface area contributed by atoms with Gasteiger partial charge in [0.1, 0.15) is 5.54 Å². The molecule has 4 unspecified atom stereocenters. The summed E-state index contributed by atoms with van der Waals surface area (Å²) in [5.74, 6) is 0.253. The second kappa shape index (κ2) is 4.31. The lowest BCUT2D eigenvalue weighted by atomic mass is 9.87. The molecule has 96 valence electrons. The molecule has 1 amide bonds. The maximum absolute atomic E-state index is 12.1. The number of carbonyl (C=O) groups is 2. The fourth-order valence-corrected chi connectivity index (χ4v) is 3.22. The van der Waals surface area contributed by atoms with Gasteiger partial charge in [0.25, 0.3) is 0 Å². The van der Waals surface area contributed by atoms with E-state index in [-0.39, 0.29) is 11.8 Å². The van der Waals surface area contributed by atoms with E-state index in [0.717, 1.165) is 19.3 Å². The van der Waals surface area contributed by atoms with Crippen LogP contribution in [0, 0.1) is 17.8 Å². The van der Waals surface area contributed by atoms with E-state index in [0.29, 0.717) is 18.3 Å². The van der Waals surface area contributed by atoms with Gasteiger partial charge in [0, 0.05) is 5.92 Å². The highest BCUT2D eigenvalue weighted by molar-refractivity contribution is 5.88. The summed E-state index contributed by atoms with van der Waals surface area (Å²) in [6.45, 7) is 3.37. The topological polar surface area (TPSA) is 66.4 Å². The Kier molecular flexibility index (Phi) is 3.15. The van der Waals surface area contributed by atoms with Crippen LogP contribution in [0.1, 0.15) is 46.0 Å². The number of hydrogen-bond donors (Lipinski definition) is 2. The van der Waals surface area contributed by atoms with Crippen molar-refractivity contribution in [1.82, 2.24) is 5.32 Å². The van der Waals surface area contributed by atoms with Crippen LogP contribution in [0.15, 0.2) is 0 Å². The van der Waals surface area contributed by atoms with E-state index in [1.54, 1.807) is 13.8 Å². The zero-order valence-corrected chi connectivity index (χ0v) is 10.5. The van der Waals surface area contributed by atoms with Gasteiger partial charge >= 0.3 is 5.97 Å². The van der Waals surface area contributed by atoms with Gasteiger partial charge in [0.05, 0.1) is 0 Å². The normalized spacial score (nSPS) is 34.4. The number of amides is 1. The minimum Gasteiger partial charge on any atom is -0.480 e. The summed E-state index contributed by atoms with van der Waals surface area (Å²) in [6.07, 6.45) is 4.91. The van der Waals surface area contributed by atoms with Crippen LogP contribution in [-0.2, 0) is 9.59 Å². The first-order valence-corrected chi connectivity index (χ1v) is 6.51. The van der Waals surface area contributed by atoms with Crippen molar-refractivity contribution < 1.29 is 14.7 Å². The van der Waals surface area contributed by atoms with Crippen molar-refractivity contribution in [3.63, 3.8) is 0 Å². The lowest BCUT2D eigenvalue weighted by Crippen LogP contribution is -2.53. The molecule has 4 atom stereocenters. The number of carboxylic acids is 1. The monoisotopic (exact) mass is 239 g/mol. The van der Waals surface area contributed by atoms with Crippen molar-refractivity contribution >= 4 is 11.9 Å². The number of carbonyl (C=O) groups excluding carboxylic acids is 1. The maximum Gasteiger partial charge on any atom is 0.329 e. The van der Waals surface area contributed by atoms with E-state index in [9.17, 15) is 9.59 Å². The first kappa shape index (κ1) is 12.4. The van der Waals surface area contributed by atoms with Crippen molar-refractivity contribution in [3.8, 4) is 0 Å². The molecule has 2 bridgehead atoms. The van der Waals surface area contributed by atoms with Crippen molar-refractivity contribution in [2.75, 3.05) is 0 Å². The Bertz CT molecular complexity index is 342. The van der Waals surface area contributed by atoms with Crippen LogP contribution in [0.5, 0.6) is 0 Å². The van der Waals surface area contributed by atoms with Gasteiger partial charge in [-0.3, -0.25) is 4.79 Å². The molecular weight excluding hydrogens is 218 g/mol. The number of nitrogens with one attached hydrogen (secondary N) is 1.